The fraction of sp³-hybridized carbons (Fsp3) is 0. The first-order chi connectivity index (χ1) is 22.4. The summed E-state index contributed by atoms with van der Waals surface area (Å²) in [5, 5.41) is 14.6. The molecule has 4 heteroatoms. The molecule has 226 valence electrons. The standard InChI is InChI=1S/2C18H15P.C5H5.CN.Ru/c2*1-4-10-16(11-5-1)19(17-12-6-2-7-13-17)18-14-8-3-9-15-18;1-2-4-5-3-1;1-2;/h2*1-15H;1-5H;;/q;;;-1;+1. The van der Waals surface area contributed by atoms with Crippen molar-refractivity contribution in [2.24, 2.45) is 0 Å². The topological polar surface area (TPSA) is 23.8 Å². The van der Waals surface area contributed by atoms with E-state index < -0.39 is 15.8 Å². The van der Waals surface area contributed by atoms with Gasteiger partial charge in [-0.3, -0.25) is 0 Å². The van der Waals surface area contributed by atoms with Gasteiger partial charge in [0.1, 0.15) is 0 Å². The van der Waals surface area contributed by atoms with Crippen molar-refractivity contribution in [1.82, 2.24) is 0 Å². The molecule has 0 unspecified atom stereocenters. The zero-order valence-corrected chi connectivity index (χ0v) is 28.9. The summed E-state index contributed by atoms with van der Waals surface area (Å²) in [5.74, 6) is 0. The zero-order valence-electron chi connectivity index (χ0n) is 25.4. The summed E-state index contributed by atoms with van der Waals surface area (Å²) in [7, 11) is -0.892. The first-order valence-corrected chi connectivity index (χ1v) is 17.4. The maximum Gasteiger partial charge on any atom is 1.00 e. The summed E-state index contributed by atoms with van der Waals surface area (Å²) in [4.78, 5) is 0. The van der Waals surface area contributed by atoms with Crippen LogP contribution in [0.5, 0.6) is 0 Å². The molecule has 1 aliphatic carbocycles. The van der Waals surface area contributed by atoms with E-state index in [0.29, 0.717) is 0 Å². The third-order valence-electron chi connectivity index (χ3n) is 6.64. The quantitative estimate of drug-likeness (QED) is 0.0975. The minimum absolute atomic E-state index is 0. The molecule has 0 bridgehead atoms. The predicted molar refractivity (Wildman–Crippen MR) is 197 cm³/mol. The van der Waals surface area contributed by atoms with Crippen molar-refractivity contribution in [1.29, 1.82) is 5.26 Å². The fourth-order valence-electron chi connectivity index (χ4n) is 4.68. The molecule has 46 heavy (non-hydrogen) atoms. The molecule has 1 nitrogen and oxygen atoms in total. The monoisotopic (exact) mass is 717 g/mol. The molecule has 6 aromatic carbocycles. The largest absolute Gasteiger partial charge is 1.00 e. The minimum Gasteiger partial charge on any atom is -0.512 e. The summed E-state index contributed by atoms with van der Waals surface area (Å²) >= 11 is 0. The van der Waals surface area contributed by atoms with Crippen molar-refractivity contribution < 1.29 is 19.5 Å². The van der Waals surface area contributed by atoms with Gasteiger partial charge in [0.15, 0.2) is 0 Å². The van der Waals surface area contributed by atoms with Gasteiger partial charge >= 0.3 is 19.5 Å². The average molecular weight is 717 g/mol. The fourth-order valence-corrected chi connectivity index (χ4v) is 9.29. The molecule has 0 atom stereocenters. The molecule has 0 spiro atoms. The molecule has 7 rings (SSSR count). The van der Waals surface area contributed by atoms with Gasteiger partial charge in [-0.05, 0) is 79.8 Å². The minimum atomic E-state index is -0.446. The molecule has 1 saturated carbocycles. The van der Waals surface area contributed by atoms with Gasteiger partial charge in [-0.15, -0.1) is 0 Å². The second-order valence-electron chi connectivity index (χ2n) is 9.65. The van der Waals surface area contributed by atoms with Gasteiger partial charge in [-0.1, -0.05) is 182 Å². The van der Waals surface area contributed by atoms with Crippen LogP contribution in [0.25, 0.3) is 0 Å². The van der Waals surface area contributed by atoms with Gasteiger partial charge in [0, 0.05) is 0 Å². The normalized spacial score (nSPS) is 11.4. The van der Waals surface area contributed by atoms with Gasteiger partial charge in [-0.25, -0.2) is 0 Å². The van der Waals surface area contributed by atoms with Crippen molar-refractivity contribution in [3.63, 3.8) is 0 Å². The maximum absolute atomic E-state index is 6.25. The molecular weight excluding hydrogens is 681 g/mol. The van der Waals surface area contributed by atoms with Crippen molar-refractivity contribution in [3.05, 3.63) is 221 Å². The van der Waals surface area contributed by atoms with E-state index in [-0.39, 0.29) is 19.5 Å². The molecular formula is C42H35NP2Ru. The van der Waals surface area contributed by atoms with Crippen LogP contribution in [0.3, 0.4) is 0 Å². The first kappa shape index (κ1) is 36.8. The molecule has 0 heterocycles. The molecule has 6 aromatic rings. The molecule has 0 saturated heterocycles. The predicted octanol–water partition coefficient (Wildman–Crippen LogP) is 8.00. The Hall–Kier alpha value is -3.71. The van der Waals surface area contributed by atoms with Gasteiger partial charge in [-0.2, -0.15) is 0 Å². The van der Waals surface area contributed by atoms with Crippen LogP contribution >= 0.6 is 15.8 Å². The van der Waals surface area contributed by atoms with Crippen LogP contribution < -0.4 is 31.8 Å². The Labute approximate surface area is 291 Å². The Morgan fingerprint density at radius 1 is 0.261 bits per heavy atom. The van der Waals surface area contributed by atoms with Crippen molar-refractivity contribution in [2.75, 3.05) is 0 Å². The number of benzene rings is 6. The van der Waals surface area contributed by atoms with Crippen LogP contribution in [0.2, 0.25) is 0 Å². The van der Waals surface area contributed by atoms with Gasteiger partial charge < -0.3 is 11.8 Å². The van der Waals surface area contributed by atoms with Gasteiger partial charge in [0.25, 0.3) is 0 Å². The van der Waals surface area contributed by atoms with Crippen LogP contribution in [0.4, 0.5) is 0 Å². The number of hydrogen-bond donors (Lipinski definition) is 0. The van der Waals surface area contributed by atoms with Gasteiger partial charge in [0.05, 0.1) is 0 Å². The third-order valence-corrected chi connectivity index (χ3v) is 11.5. The van der Waals surface area contributed by atoms with E-state index in [4.69, 9.17) is 11.8 Å². The Balaban J connectivity index is 0.000000204. The zero-order chi connectivity index (χ0) is 31.4. The summed E-state index contributed by atoms with van der Waals surface area (Å²) in [6.45, 7) is 4.75. The van der Waals surface area contributed by atoms with Crippen molar-refractivity contribution in [3.8, 4) is 0 Å². The van der Waals surface area contributed by atoms with E-state index >= 15 is 0 Å². The molecule has 0 aromatic heterocycles. The van der Waals surface area contributed by atoms with E-state index in [2.05, 4.69) is 182 Å². The third kappa shape index (κ3) is 11.6. The second-order valence-corrected chi connectivity index (χ2v) is 14.1. The van der Waals surface area contributed by atoms with E-state index in [1.165, 1.54) is 31.8 Å². The van der Waals surface area contributed by atoms with E-state index in [1.54, 1.807) is 0 Å². The first-order valence-electron chi connectivity index (χ1n) is 14.7. The van der Waals surface area contributed by atoms with Crippen molar-refractivity contribution >= 4 is 47.7 Å². The second kappa shape index (κ2) is 21.9. The van der Waals surface area contributed by atoms with Crippen LogP contribution in [0, 0.1) is 43.9 Å². The summed E-state index contributed by atoms with van der Waals surface area (Å²) in [6, 6.07) is 64.7. The Morgan fingerprint density at radius 3 is 0.522 bits per heavy atom. The van der Waals surface area contributed by atoms with Crippen LogP contribution in [0.15, 0.2) is 182 Å². The Kier molecular flexibility index (Phi) is 17.5. The van der Waals surface area contributed by atoms with Crippen LogP contribution in [-0.4, -0.2) is 0 Å². The summed E-state index contributed by atoms with van der Waals surface area (Å²) in [6.07, 6.45) is 10.0. The Morgan fingerprint density at radius 2 is 0.391 bits per heavy atom. The Bertz CT molecular complexity index is 1300. The SMILES string of the molecule is [C-]#N.[CH]1[CH][CH][CH][CH]1.[Ru+].c1ccc(P(c2ccccc2)c2ccccc2)cc1.c1ccc(P(c2ccccc2)c2ccccc2)cc1. The maximum atomic E-state index is 6.25. The molecule has 0 aliphatic heterocycles. The number of hydrogen-bond acceptors (Lipinski definition) is 1. The van der Waals surface area contributed by atoms with E-state index in [9.17, 15) is 0 Å². The summed E-state index contributed by atoms with van der Waals surface area (Å²) in [5.41, 5.74) is 0. The van der Waals surface area contributed by atoms with Crippen LogP contribution in [-0.2, 0) is 19.5 Å². The number of nitrogens with zero attached hydrogens (tertiary/aromatic N) is 1. The molecule has 0 amide bonds. The smallest absolute Gasteiger partial charge is 0.512 e. The molecule has 1 fully saturated rings. The van der Waals surface area contributed by atoms with E-state index in [1.807, 2.05) is 32.1 Å². The van der Waals surface area contributed by atoms with E-state index in [0.717, 1.165) is 0 Å². The average Bonchev–Trinajstić information content (AvgIpc) is 3.74. The van der Waals surface area contributed by atoms with Crippen LogP contribution in [0.1, 0.15) is 0 Å². The number of rotatable bonds is 6. The summed E-state index contributed by atoms with van der Waals surface area (Å²) < 4.78 is 0. The molecule has 0 N–H and O–H groups in total. The van der Waals surface area contributed by atoms with Gasteiger partial charge in [0.2, 0.25) is 0 Å². The van der Waals surface area contributed by atoms with Crippen molar-refractivity contribution in [2.45, 2.75) is 0 Å². The molecule has 6 radical (unpaired) electrons. The molecule has 1 aliphatic rings.